The highest BCUT2D eigenvalue weighted by Crippen LogP contribution is 2.31. The van der Waals surface area contributed by atoms with E-state index in [1.54, 1.807) is 82.1 Å². The molecule has 0 aliphatic heterocycles. The summed E-state index contributed by atoms with van der Waals surface area (Å²) in [5.41, 5.74) is 0.0703. The highest BCUT2D eigenvalue weighted by molar-refractivity contribution is 7.98. The topological polar surface area (TPSA) is 117 Å². The first kappa shape index (κ1) is 34.8. The van der Waals surface area contributed by atoms with Crippen LogP contribution < -0.4 is 15.4 Å². The molecule has 0 fully saturated rings. The van der Waals surface area contributed by atoms with Gasteiger partial charge in [-0.15, -0.1) is 0 Å². The lowest BCUT2D eigenvalue weighted by Gasteiger charge is -2.35. The number of para-hydroxylation sites is 1. The van der Waals surface area contributed by atoms with E-state index in [-0.39, 0.29) is 12.3 Å². The van der Waals surface area contributed by atoms with Crippen molar-refractivity contribution in [2.75, 3.05) is 31.0 Å². The van der Waals surface area contributed by atoms with Gasteiger partial charge < -0.3 is 30.1 Å². The quantitative estimate of drug-likeness (QED) is 0.187. The molecule has 0 aliphatic rings. The molecular formula is C32H47N3O6S. The molecule has 0 spiro atoms. The summed E-state index contributed by atoms with van der Waals surface area (Å²) in [6.07, 6.45) is 6.26. The summed E-state index contributed by atoms with van der Waals surface area (Å²) in [7, 11) is 1.56. The normalized spacial score (nSPS) is 12.6. The van der Waals surface area contributed by atoms with Gasteiger partial charge in [0.2, 0.25) is 5.91 Å². The van der Waals surface area contributed by atoms with E-state index in [1.807, 2.05) is 6.26 Å². The second kappa shape index (κ2) is 17.5. The van der Waals surface area contributed by atoms with E-state index >= 15 is 0 Å². The first-order chi connectivity index (χ1) is 20.0. The van der Waals surface area contributed by atoms with E-state index in [9.17, 15) is 19.5 Å². The van der Waals surface area contributed by atoms with Crippen molar-refractivity contribution in [2.45, 2.75) is 83.9 Å². The number of carbonyl (C=O) groups excluding carboxylic acids is 3. The maximum Gasteiger partial charge on any atom is 0.408 e. The number of hydrogen-bond donors (Lipinski definition) is 3. The number of anilines is 1. The van der Waals surface area contributed by atoms with Gasteiger partial charge in [0.1, 0.15) is 29.2 Å². The van der Waals surface area contributed by atoms with Crippen molar-refractivity contribution < 1.29 is 29.0 Å². The predicted octanol–water partition coefficient (Wildman–Crippen LogP) is 6.53. The first-order valence-corrected chi connectivity index (χ1v) is 15.9. The van der Waals surface area contributed by atoms with Gasteiger partial charge in [0.15, 0.2) is 0 Å². The summed E-state index contributed by atoms with van der Waals surface area (Å²) in [5.74, 6) is 0.249. The molecule has 0 saturated carbocycles. The van der Waals surface area contributed by atoms with Crippen molar-refractivity contribution in [3.63, 3.8) is 0 Å². The minimum atomic E-state index is -1.15. The summed E-state index contributed by atoms with van der Waals surface area (Å²) in [5, 5.41) is 16.5. The lowest BCUT2D eigenvalue weighted by Crippen LogP contribution is -2.52. The Morgan fingerprint density at radius 3 is 2.26 bits per heavy atom. The summed E-state index contributed by atoms with van der Waals surface area (Å²) in [6, 6.07) is 11.3. The molecule has 2 aromatic carbocycles. The van der Waals surface area contributed by atoms with Crippen molar-refractivity contribution in [1.29, 1.82) is 0 Å². The highest BCUT2D eigenvalue weighted by atomic mass is 32.2. The van der Waals surface area contributed by atoms with E-state index in [0.717, 1.165) is 25.7 Å². The number of thioether (sulfide) groups is 1. The minimum absolute atomic E-state index is 0.100. The molecule has 2 unspecified atom stereocenters. The molecule has 42 heavy (non-hydrogen) atoms. The van der Waals surface area contributed by atoms with E-state index in [0.29, 0.717) is 35.6 Å². The van der Waals surface area contributed by atoms with Crippen LogP contribution in [0.3, 0.4) is 0 Å². The van der Waals surface area contributed by atoms with Crippen LogP contribution in [0, 0.1) is 0 Å². The molecule has 0 radical (unpaired) electrons. The molecule has 2 rings (SSSR count). The minimum Gasteiger partial charge on any atom is -0.508 e. The van der Waals surface area contributed by atoms with Crippen molar-refractivity contribution in [2.24, 2.45) is 0 Å². The highest BCUT2D eigenvalue weighted by Gasteiger charge is 2.37. The number of phenolic OH excluding ortho intramolecular Hbond substituents is 1. The number of aromatic hydroxyl groups is 1. The summed E-state index contributed by atoms with van der Waals surface area (Å²) < 4.78 is 10.7. The summed E-state index contributed by atoms with van der Waals surface area (Å²) in [6.45, 7) is 7.67. The summed E-state index contributed by atoms with van der Waals surface area (Å²) >= 11 is 1.55. The Labute approximate surface area is 254 Å². The number of ether oxygens (including phenoxy) is 2. The number of alkyl carbamates (subject to hydrolysis) is 1. The Balaban J connectivity index is 2.51. The van der Waals surface area contributed by atoms with Gasteiger partial charge >= 0.3 is 6.09 Å². The Morgan fingerprint density at radius 2 is 1.67 bits per heavy atom. The zero-order chi connectivity index (χ0) is 31.1. The number of carbonyl (C=O) groups is 3. The molecule has 2 aromatic rings. The molecular weight excluding hydrogens is 554 g/mol. The number of methoxy groups -OCH3 is 1. The van der Waals surface area contributed by atoms with Crippen LogP contribution in [0.4, 0.5) is 10.5 Å². The smallest absolute Gasteiger partial charge is 0.408 e. The number of phenols is 1. The molecule has 2 atom stereocenters. The van der Waals surface area contributed by atoms with Gasteiger partial charge in [-0.25, -0.2) is 4.79 Å². The van der Waals surface area contributed by atoms with Crippen LogP contribution in [0.1, 0.15) is 77.8 Å². The average Bonchev–Trinajstić information content (AvgIpc) is 2.94. The predicted molar refractivity (Wildman–Crippen MR) is 169 cm³/mol. The van der Waals surface area contributed by atoms with Crippen LogP contribution in [0.25, 0.3) is 0 Å². The number of benzene rings is 2. The van der Waals surface area contributed by atoms with Gasteiger partial charge in [0.05, 0.1) is 7.11 Å². The molecule has 0 saturated heterocycles. The van der Waals surface area contributed by atoms with Crippen molar-refractivity contribution in [1.82, 2.24) is 10.2 Å². The molecule has 10 heteroatoms. The van der Waals surface area contributed by atoms with Gasteiger partial charge in [0, 0.05) is 17.8 Å². The Hall–Kier alpha value is -3.40. The van der Waals surface area contributed by atoms with Crippen LogP contribution >= 0.6 is 11.8 Å². The molecule has 0 aliphatic carbocycles. The van der Waals surface area contributed by atoms with Crippen molar-refractivity contribution in [3.05, 3.63) is 54.1 Å². The zero-order valence-electron chi connectivity index (χ0n) is 25.8. The van der Waals surface area contributed by atoms with Gasteiger partial charge in [-0.2, -0.15) is 11.8 Å². The molecule has 0 aromatic heterocycles. The molecule has 3 amide bonds. The fourth-order valence-corrected chi connectivity index (χ4v) is 4.92. The van der Waals surface area contributed by atoms with Crippen LogP contribution in [0.15, 0.2) is 48.5 Å². The Bertz CT molecular complexity index is 1140. The second-order valence-corrected chi connectivity index (χ2v) is 12.1. The van der Waals surface area contributed by atoms with E-state index in [1.165, 1.54) is 11.0 Å². The number of unbranched alkanes of at least 4 members (excludes halogenated alkanes) is 4. The summed E-state index contributed by atoms with van der Waals surface area (Å²) in [4.78, 5) is 42.5. The fraction of sp³-hybridized carbons (Fsp3) is 0.531. The SMILES string of the molecule is CCCCCCCN(C(=O)C(CCSC)NC(=O)OC(C)(C)C)C(C(=O)Nc1ccc(OC)cc1)c1ccccc1O. The third-order valence-corrected chi connectivity index (χ3v) is 7.18. The lowest BCUT2D eigenvalue weighted by atomic mass is 10.00. The van der Waals surface area contributed by atoms with Gasteiger partial charge in [-0.3, -0.25) is 9.59 Å². The maximum absolute atomic E-state index is 14.3. The maximum atomic E-state index is 14.3. The number of nitrogens with one attached hydrogen (secondary N) is 2. The van der Waals surface area contributed by atoms with Gasteiger partial charge in [-0.1, -0.05) is 50.8 Å². The van der Waals surface area contributed by atoms with Crippen LogP contribution in [0.2, 0.25) is 0 Å². The van der Waals surface area contributed by atoms with E-state index < -0.39 is 35.6 Å². The third-order valence-electron chi connectivity index (χ3n) is 6.53. The third kappa shape index (κ3) is 11.5. The number of rotatable bonds is 16. The van der Waals surface area contributed by atoms with Gasteiger partial charge in [-0.05, 0) is 76.0 Å². The van der Waals surface area contributed by atoms with Crippen molar-refractivity contribution >= 4 is 35.4 Å². The van der Waals surface area contributed by atoms with E-state index in [2.05, 4.69) is 17.6 Å². The molecule has 0 bridgehead atoms. The molecule has 9 nitrogen and oxygen atoms in total. The Morgan fingerprint density at radius 1 is 1.00 bits per heavy atom. The van der Waals surface area contributed by atoms with Crippen LogP contribution in [-0.4, -0.2) is 65.2 Å². The number of amides is 3. The molecule has 232 valence electrons. The van der Waals surface area contributed by atoms with E-state index in [4.69, 9.17) is 9.47 Å². The fourth-order valence-electron chi connectivity index (χ4n) is 4.45. The second-order valence-electron chi connectivity index (χ2n) is 11.1. The lowest BCUT2D eigenvalue weighted by molar-refractivity contribution is -0.141. The Kier molecular flexibility index (Phi) is 14.5. The largest absolute Gasteiger partial charge is 0.508 e. The van der Waals surface area contributed by atoms with Crippen LogP contribution in [0.5, 0.6) is 11.5 Å². The zero-order valence-corrected chi connectivity index (χ0v) is 26.6. The number of nitrogens with zero attached hydrogens (tertiary/aromatic N) is 1. The molecule has 3 N–H and O–H groups in total. The number of hydrogen-bond acceptors (Lipinski definition) is 7. The standard InChI is InChI=1S/C32H47N3O6S/c1-7-8-9-10-13-21-35(30(38)26(20-22-42-6)34-31(39)41-32(2,3)4)28(25-14-11-12-15-27(25)36)29(37)33-23-16-18-24(40-5)19-17-23/h11-12,14-19,26,28,36H,7-10,13,20-22H2,1-6H3,(H,33,37)(H,34,39). The van der Waals surface area contributed by atoms with Crippen molar-refractivity contribution in [3.8, 4) is 11.5 Å². The monoisotopic (exact) mass is 601 g/mol. The van der Waals surface area contributed by atoms with Gasteiger partial charge in [0.25, 0.3) is 5.91 Å². The first-order valence-electron chi connectivity index (χ1n) is 14.5. The average molecular weight is 602 g/mol. The molecule has 0 heterocycles. The van der Waals surface area contributed by atoms with Crippen LogP contribution in [-0.2, 0) is 14.3 Å².